The largest absolute Gasteiger partial charge is 0.444 e. The molecule has 1 amide bonds. The van der Waals surface area contributed by atoms with E-state index in [-0.39, 0.29) is 12.1 Å². The van der Waals surface area contributed by atoms with E-state index in [9.17, 15) is 4.79 Å². The molecule has 0 aromatic carbocycles. The van der Waals surface area contributed by atoms with E-state index in [2.05, 4.69) is 26.5 Å². The van der Waals surface area contributed by atoms with Gasteiger partial charge in [-0.1, -0.05) is 11.1 Å². The van der Waals surface area contributed by atoms with Crippen LogP contribution < -0.4 is 11.5 Å². The Morgan fingerprint density at radius 1 is 1.17 bits per heavy atom. The molecule has 0 aliphatic rings. The van der Waals surface area contributed by atoms with Gasteiger partial charge in [0, 0.05) is 13.1 Å². The summed E-state index contributed by atoms with van der Waals surface area (Å²) >= 11 is 0. The summed E-state index contributed by atoms with van der Waals surface area (Å²) in [5.74, 6) is 0.612. The Morgan fingerprint density at radius 3 is 2.17 bits per heavy atom. The van der Waals surface area contributed by atoms with E-state index < -0.39 is 5.60 Å². The fourth-order valence-electron chi connectivity index (χ4n) is 2.75. The molecule has 0 spiro atoms. The highest BCUT2D eigenvalue weighted by atomic mass is 16.6. The summed E-state index contributed by atoms with van der Waals surface area (Å²) in [5, 5.41) is 0. The van der Waals surface area contributed by atoms with Crippen LogP contribution in [0.1, 0.15) is 67.2 Å². The Hall–Kier alpha value is -1.07. The molecule has 0 radical (unpaired) electrons. The average molecular weight is 343 g/mol. The number of carbonyl (C=O) groups excluding carboxylic acids is 1. The van der Waals surface area contributed by atoms with E-state index >= 15 is 0 Å². The van der Waals surface area contributed by atoms with Crippen LogP contribution in [0, 0.1) is 5.92 Å². The minimum atomic E-state index is -0.463. The maximum atomic E-state index is 12.2. The van der Waals surface area contributed by atoms with Gasteiger partial charge in [0.15, 0.2) is 0 Å². The van der Waals surface area contributed by atoms with Gasteiger partial charge in [0.05, 0.1) is 6.54 Å². The maximum Gasteiger partial charge on any atom is 0.410 e. The number of hydrogen-bond acceptors (Lipinski definition) is 3. The molecular weight excluding hydrogens is 302 g/mol. The molecule has 0 bridgehead atoms. The van der Waals surface area contributed by atoms with Gasteiger partial charge in [-0.05, 0) is 79.7 Å². The highest BCUT2D eigenvalue weighted by molar-refractivity contribution is 5.68. The number of ether oxygens (including phenoxy) is 1. The molecule has 0 heterocycles. The predicted octanol–water partition coefficient (Wildman–Crippen LogP) is 2.96. The molecule has 5 nitrogen and oxygen atoms in total. The molecule has 0 saturated carbocycles. The number of carbonyl (C=O) groups is 1. The van der Waals surface area contributed by atoms with Crippen molar-refractivity contribution in [1.29, 1.82) is 0 Å². The first kappa shape index (κ1) is 22.9. The van der Waals surface area contributed by atoms with Crippen molar-refractivity contribution >= 4 is 6.09 Å². The van der Waals surface area contributed by atoms with Crippen molar-refractivity contribution in [2.45, 2.75) is 78.9 Å². The summed E-state index contributed by atoms with van der Waals surface area (Å²) in [6.07, 6.45) is 3.84. The number of amides is 1. The Bertz CT molecular complexity index is 407. The molecule has 0 fully saturated rings. The number of quaternary nitrogens is 1. The summed E-state index contributed by atoms with van der Waals surface area (Å²) in [5.41, 5.74) is 12.0. The first-order valence-corrected chi connectivity index (χ1v) is 9.12. The molecule has 0 rings (SSSR count). The first-order chi connectivity index (χ1) is 11.0. The van der Waals surface area contributed by atoms with E-state index in [1.807, 2.05) is 20.8 Å². The normalized spacial score (nSPS) is 15.5. The lowest BCUT2D eigenvalue weighted by molar-refractivity contribution is -0.370. The number of nitrogens with two attached hydrogens (primary N) is 1. The maximum absolute atomic E-state index is 12.2. The van der Waals surface area contributed by atoms with Crippen LogP contribution in [0.25, 0.3) is 0 Å². The van der Waals surface area contributed by atoms with Crippen LogP contribution in [0.15, 0.2) is 11.1 Å². The van der Waals surface area contributed by atoms with Gasteiger partial charge in [0.25, 0.3) is 0 Å². The number of nitrogens with zero attached hydrogens (tertiary/aromatic N) is 1. The Labute approximate surface area is 148 Å². The van der Waals surface area contributed by atoms with Gasteiger partial charge in [0.2, 0.25) is 0 Å². The fourth-order valence-corrected chi connectivity index (χ4v) is 2.75. The molecule has 0 saturated heterocycles. The van der Waals surface area contributed by atoms with Crippen LogP contribution in [0.4, 0.5) is 4.79 Å². The lowest BCUT2D eigenvalue weighted by Gasteiger charge is -2.29. The molecule has 0 aliphatic carbocycles. The molecule has 2 unspecified atom stereocenters. The lowest BCUT2D eigenvalue weighted by atomic mass is 9.90. The Balaban J connectivity index is 4.74. The summed E-state index contributed by atoms with van der Waals surface area (Å²) in [7, 11) is 1.81. The van der Waals surface area contributed by atoms with Gasteiger partial charge in [-0.25, -0.2) is 4.79 Å². The second-order valence-electron chi connectivity index (χ2n) is 7.99. The van der Waals surface area contributed by atoms with E-state index in [1.54, 1.807) is 11.9 Å². The smallest absolute Gasteiger partial charge is 0.410 e. The summed E-state index contributed by atoms with van der Waals surface area (Å²) < 4.78 is 5.44. The minimum absolute atomic E-state index is 0.107. The van der Waals surface area contributed by atoms with Gasteiger partial charge in [-0.15, -0.1) is 0 Å². The Morgan fingerprint density at radius 2 is 1.71 bits per heavy atom. The molecule has 0 aromatic heterocycles. The molecular formula is C19H40N3O2+. The molecule has 0 aromatic rings. The second-order valence-corrected chi connectivity index (χ2v) is 7.99. The van der Waals surface area contributed by atoms with Crippen LogP contribution in [0.5, 0.6) is 0 Å². The van der Waals surface area contributed by atoms with Crippen LogP contribution in [-0.4, -0.2) is 42.8 Å². The van der Waals surface area contributed by atoms with E-state index in [4.69, 9.17) is 10.5 Å². The molecule has 5 heteroatoms. The standard InChI is InChI=1S/C19H39N3O2/c1-14(15(2)13-17(8-10-20)9-11-21)12-16(3)22(7)18(23)24-19(4,5)6/h16-17H,8-13,20-21H2,1-7H3/p+1. The topological polar surface area (TPSA) is 83.2 Å². The minimum Gasteiger partial charge on any atom is -0.444 e. The van der Waals surface area contributed by atoms with Crippen molar-refractivity contribution in [1.82, 2.24) is 4.90 Å². The summed E-state index contributed by atoms with van der Waals surface area (Å²) in [6.45, 7) is 13.8. The lowest BCUT2D eigenvalue weighted by Crippen LogP contribution is -2.50. The van der Waals surface area contributed by atoms with Crippen LogP contribution in [0.2, 0.25) is 0 Å². The van der Waals surface area contributed by atoms with Crippen molar-refractivity contribution in [3.63, 3.8) is 0 Å². The van der Waals surface area contributed by atoms with E-state index in [1.165, 1.54) is 11.1 Å². The van der Waals surface area contributed by atoms with Crippen molar-refractivity contribution in [2.75, 3.05) is 20.1 Å². The fraction of sp³-hybridized carbons (Fsp3) is 0.842. The molecule has 2 atom stereocenters. The predicted molar refractivity (Wildman–Crippen MR) is 101 cm³/mol. The van der Waals surface area contributed by atoms with Crippen molar-refractivity contribution in [2.24, 2.45) is 11.7 Å². The third-order valence-corrected chi connectivity index (χ3v) is 4.45. The SMILES string of the molecule is CC(CC(CCN)CC[NH3+])=C(C)CC(C)N(C)C(=O)OC(C)(C)C. The van der Waals surface area contributed by atoms with Crippen LogP contribution in [-0.2, 0) is 4.74 Å². The zero-order valence-corrected chi connectivity index (χ0v) is 16.9. The second kappa shape index (κ2) is 10.7. The monoisotopic (exact) mass is 342 g/mol. The van der Waals surface area contributed by atoms with Crippen molar-refractivity contribution in [3.8, 4) is 0 Å². The molecule has 142 valence electrons. The Kier molecular flexibility index (Phi) is 10.2. The summed E-state index contributed by atoms with van der Waals surface area (Å²) in [6, 6.07) is 0.107. The van der Waals surface area contributed by atoms with Crippen molar-refractivity contribution < 1.29 is 15.3 Å². The zero-order chi connectivity index (χ0) is 18.9. The zero-order valence-electron chi connectivity index (χ0n) is 16.9. The average Bonchev–Trinajstić information content (AvgIpc) is 2.44. The quantitative estimate of drug-likeness (QED) is 0.632. The number of hydrogen-bond donors (Lipinski definition) is 2. The van der Waals surface area contributed by atoms with Crippen LogP contribution in [0.3, 0.4) is 0 Å². The van der Waals surface area contributed by atoms with E-state index in [0.29, 0.717) is 5.92 Å². The highest BCUT2D eigenvalue weighted by Crippen LogP contribution is 2.23. The molecule has 5 N–H and O–H groups in total. The van der Waals surface area contributed by atoms with E-state index in [0.717, 1.165) is 38.8 Å². The third kappa shape index (κ3) is 9.28. The van der Waals surface area contributed by atoms with Crippen molar-refractivity contribution in [3.05, 3.63) is 11.1 Å². The summed E-state index contributed by atoms with van der Waals surface area (Å²) in [4.78, 5) is 13.9. The van der Waals surface area contributed by atoms with Gasteiger partial charge < -0.3 is 21.1 Å². The highest BCUT2D eigenvalue weighted by Gasteiger charge is 2.23. The molecule has 24 heavy (non-hydrogen) atoms. The number of rotatable bonds is 9. The first-order valence-electron chi connectivity index (χ1n) is 9.12. The van der Waals surface area contributed by atoms with Gasteiger partial charge >= 0.3 is 6.09 Å². The van der Waals surface area contributed by atoms with Gasteiger partial charge in [0.1, 0.15) is 5.60 Å². The number of allylic oxidation sites excluding steroid dienone is 1. The van der Waals surface area contributed by atoms with Gasteiger partial charge in [-0.3, -0.25) is 0 Å². The van der Waals surface area contributed by atoms with Crippen LogP contribution >= 0.6 is 0 Å². The molecule has 0 aliphatic heterocycles. The van der Waals surface area contributed by atoms with Gasteiger partial charge in [-0.2, -0.15) is 0 Å². The third-order valence-electron chi connectivity index (χ3n) is 4.45.